The largest absolute Gasteiger partial charge is 0.370 e. The summed E-state index contributed by atoms with van der Waals surface area (Å²) < 4.78 is 81.6. The first-order valence-corrected chi connectivity index (χ1v) is 9.67. The number of hydrogen-bond acceptors (Lipinski definition) is 4. The van der Waals surface area contributed by atoms with Gasteiger partial charge in [0, 0.05) is 19.1 Å². The first-order chi connectivity index (χ1) is 12.2. The fourth-order valence-corrected chi connectivity index (χ4v) is 4.60. The van der Waals surface area contributed by atoms with Crippen LogP contribution in [0, 0.1) is 0 Å². The van der Waals surface area contributed by atoms with Crippen molar-refractivity contribution in [1.82, 2.24) is 4.31 Å². The summed E-state index contributed by atoms with van der Waals surface area (Å²) in [4.78, 5) is -0.000398. The monoisotopic (exact) mass is 434 g/mol. The van der Waals surface area contributed by atoms with Crippen LogP contribution in [-0.2, 0) is 21.4 Å². The molecular weight excluding hydrogens is 412 g/mol. The lowest BCUT2D eigenvalue weighted by Gasteiger charge is -2.33. The fraction of sp³-hybridized carbons (Fsp3) is 0.625. The van der Waals surface area contributed by atoms with E-state index < -0.39 is 35.6 Å². The Morgan fingerprint density at radius 3 is 2.63 bits per heavy atom. The van der Waals surface area contributed by atoms with E-state index in [-0.39, 0.29) is 29.9 Å². The molecule has 27 heavy (non-hydrogen) atoms. The van der Waals surface area contributed by atoms with E-state index in [1.807, 2.05) is 0 Å². The van der Waals surface area contributed by atoms with Crippen molar-refractivity contribution in [1.29, 1.82) is 0 Å². The highest BCUT2D eigenvalue weighted by Crippen LogP contribution is 2.26. The first kappa shape index (κ1) is 24.1. The number of benzene rings is 1. The van der Waals surface area contributed by atoms with Gasteiger partial charge in [-0.15, -0.1) is 12.4 Å². The van der Waals surface area contributed by atoms with Crippen LogP contribution in [-0.4, -0.2) is 50.8 Å². The number of halogens is 5. The number of sulfonamides is 1. The molecular formula is C16H23ClF4N2O3S. The van der Waals surface area contributed by atoms with Crippen LogP contribution in [0.3, 0.4) is 0 Å². The number of alkyl halides is 4. The minimum absolute atomic E-state index is 0. The molecule has 0 aromatic heterocycles. The molecule has 0 bridgehead atoms. The molecule has 1 aliphatic heterocycles. The summed E-state index contributed by atoms with van der Waals surface area (Å²) in [5.74, 6) is -4.24. The van der Waals surface area contributed by atoms with Gasteiger partial charge in [-0.2, -0.15) is 13.1 Å². The molecule has 1 saturated heterocycles. The van der Waals surface area contributed by atoms with E-state index in [9.17, 15) is 26.0 Å². The zero-order chi connectivity index (χ0) is 19.4. The van der Waals surface area contributed by atoms with Crippen molar-refractivity contribution in [2.24, 2.45) is 5.73 Å². The zero-order valence-corrected chi connectivity index (χ0v) is 16.1. The van der Waals surface area contributed by atoms with Crippen molar-refractivity contribution in [3.05, 3.63) is 29.8 Å². The Morgan fingerprint density at radius 2 is 2.00 bits per heavy atom. The van der Waals surface area contributed by atoms with Crippen molar-refractivity contribution in [3.8, 4) is 0 Å². The fourth-order valence-electron chi connectivity index (χ4n) is 2.83. The number of hydrogen-bond donors (Lipinski definition) is 1. The molecule has 1 atom stereocenters. The highest BCUT2D eigenvalue weighted by Gasteiger charge is 2.41. The Hall–Kier alpha value is -0.940. The number of nitrogens with two attached hydrogens (primary N) is 1. The molecule has 5 nitrogen and oxygen atoms in total. The quantitative estimate of drug-likeness (QED) is 0.638. The van der Waals surface area contributed by atoms with E-state index in [2.05, 4.69) is 4.74 Å². The third kappa shape index (κ3) is 6.02. The summed E-state index contributed by atoms with van der Waals surface area (Å²) in [5.41, 5.74) is 5.97. The van der Waals surface area contributed by atoms with Gasteiger partial charge < -0.3 is 10.5 Å². The van der Waals surface area contributed by atoms with Crippen LogP contribution >= 0.6 is 12.4 Å². The third-order valence-electron chi connectivity index (χ3n) is 4.23. The average molecular weight is 435 g/mol. The molecule has 1 aliphatic rings. The second kappa shape index (κ2) is 10.0. The lowest BCUT2D eigenvalue weighted by Crippen LogP contribution is -2.47. The Balaban J connectivity index is 0.00000364. The standard InChI is InChI=1S/C16H22F4N2O3S.ClH/c17-15(18)16(19,20)11-25-10-12-4-3-6-14(8-12)26(23,24)22-7-2-1-5-13(22)9-21;/h3-4,6,8,13,15H,1-2,5,7,9-11,21H2;1H. The topological polar surface area (TPSA) is 72.6 Å². The summed E-state index contributed by atoms with van der Waals surface area (Å²) >= 11 is 0. The van der Waals surface area contributed by atoms with Crippen LogP contribution in [0.25, 0.3) is 0 Å². The van der Waals surface area contributed by atoms with Crippen molar-refractivity contribution < 1.29 is 30.7 Å². The molecule has 0 aliphatic carbocycles. The molecule has 2 rings (SSSR count). The molecule has 11 heteroatoms. The van der Waals surface area contributed by atoms with Crippen LogP contribution in [0.2, 0.25) is 0 Å². The number of nitrogens with zero attached hydrogens (tertiary/aromatic N) is 1. The predicted molar refractivity (Wildman–Crippen MR) is 94.9 cm³/mol. The molecule has 1 heterocycles. The maximum atomic E-state index is 12.9. The maximum Gasteiger partial charge on any atom is 0.330 e. The van der Waals surface area contributed by atoms with Crippen LogP contribution < -0.4 is 5.73 Å². The molecule has 156 valence electrons. The summed E-state index contributed by atoms with van der Waals surface area (Å²) in [5, 5.41) is 0. The molecule has 0 amide bonds. The lowest BCUT2D eigenvalue weighted by molar-refractivity contribution is -0.168. The maximum absolute atomic E-state index is 12.9. The van der Waals surface area contributed by atoms with E-state index in [4.69, 9.17) is 5.73 Å². The number of piperidine rings is 1. The Labute approximate surface area is 162 Å². The minimum atomic E-state index is -4.24. The van der Waals surface area contributed by atoms with E-state index in [0.717, 1.165) is 12.8 Å². The summed E-state index contributed by atoms with van der Waals surface area (Å²) in [6.07, 6.45) is -1.50. The highest BCUT2D eigenvalue weighted by molar-refractivity contribution is 7.89. The Kier molecular flexibility index (Phi) is 8.94. The Morgan fingerprint density at radius 1 is 1.30 bits per heavy atom. The summed E-state index contributed by atoms with van der Waals surface area (Å²) in [7, 11) is -3.78. The normalized spacial score (nSPS) is 19.1. The third-order valence-corrected chi connectivity index (χ3v) is 6.18. The van der Waals surface area contributed by atoms with Crippen molar-refractivity contribution in [3.63, 3.8) is 0 Å². The van der Waals surface area contributed by atoms with Crippen molar-refractivity contribution in [2.45, 2.75) is 49.2 Å². The smallest absolute Gasteiger partial charge is 0.330 e. The molecule has 0 radical (unpaired) electrons. The second-order valence-corrected chi connectivity index (χ2v) is 8.09. The molecule has 1 fully saturated rings. The van der Waals surface area contributed by atoms with Gasteiger partial charge in [0.1, 0.15) is 6.61 Å². The van der Waals surface area contributed by atoms with Gasteiger partial charge in [-0.1, -0.05) is 18.6 Å². The average Bonchev–Trinajstić information content (AvgIpc) is 2.61. The number of ether oxygens (including phenoxy) is 1. The molecule has 0 saturated carbocycles. The van der Waals surface area contributed by atoms with E-state index in [0.29, 0.717) is 18.5 Å². The van der Waals surface area contributed by atoms with Gasteiger partial charge in [0.25, 0.3) is 0 Å². The van der Waals surface area contributed by atoms with Crippen molar-refractivity contribution >= 4 is 22.4 Å². The van der Waals surface area contributed by atoms with Gasteiger partial charge >= 0.3 is 12.3 Å². The van der Waals surface area contributed by atoms with E-state index in [1.54, 1.807) is 0 Å². The van der Waals surface area contributed by atoms with Crippen LogP contribution in [0.5, 0.6) is 0 Å². The number of rotatable bonds is 8. The van der Waals surface area contributed by atoms with Crippen LogP contribution in [0.4, 0.5) is 17.6 Å². The highest BCUT2D eigenvalue weighted by atomic mass is 35.5. The molecule has 1 unspecified atom stereocenters. The van der Waals surface area contributed by atoms with Crippen LogP contribution in [0.1, 0.15) is 24.8 Å². The lowest BCUT2D eigenvalue weighted by atomic mass is 10.1. The van der Waals surface area contributed by atoms with Crippen LogP contribution in [0.15, 0.2) is 29.2 Å². The molecule has 1 aromatic carbocycles. The minimum Gasteiger partial charge on any atom is -0.370 e. The summed E-state index contributed by atoms with van der Waals surface area (Å²) in [6.45, 7) is -1.26. The SMILES string of the molecule is Cl.NCC1CCCCN1S(=O)(=O)c1cccc(COCC(F)(F)C(F)F)c1. The predicted octanol–water partition coefficient (Wildman–Crippen LogP) is 3.03. The molecule has 1 aromatic rings. The molecule has 0 spiro atoms. The first-order valence-electron chi connectivity index (χ1n) is 8.23. The van der Waals surface area contributed by atoms with Gasteiger partial charge in [0.15, 0.2) is 0 Å². The second-order valence-electron chi connectivity index (χ2n) is 6.20. The Bertz CT molecular complexity index is 707. The van der Waals surface area contributed by atoms with Gasteiger partial charge in [-0.3, -0.25) is 0 Å². The van der Waals surface area contributed by atoms with Gasteiger partial charge in [-0.25, -0.2) is 17.2 Å². The summed E-state index contributed by atoms with van der Waals surface area (Å²) in [6, 6.07) is 5.36. The van der Waals surface area contributed by atoms with Gasteiger partial charge in [0.05, 0.1) is 11.5 Å². The van der Waals surface area contributed by atoms with E-state index >= 15 is 0 Å². The van der Waals surface area contributed by atoms with Crippen molar-refractivity contribution in [2.75, 3.05) is 19.7 Å². The molecule has 2 N–H and O–H groups in total. The van der Waals surface area contributed by atoms with E-state index in [1.165, 1.54) is 28.6 Å². The van der Waals surface area contributed by atoms with Gasteiger partial charge in [-0.05, 0) is 30.5 Å². The zero-order valence-electron chi connectivity index (χ0n) is 14.5. The van der Waals surface area contributed by atoms with Gasteiger partial charge in [0.2, 0.25) is 10.0 Å².